The third-order valence-corrected chi connectivity index (χ3v) is 2.47. The van der Waals surface area contributed by atoms with E-state index in [2.05, 4.69) is 29.3 Å². The van der Waals surface area contributed by atoms with Crippen molar-refractivity contribution < 1.29 is 9.26 Å². The molecule has 1 rings (SSSR count). The molecule has 0 aliphatic heterocycles. The lowest BCUT2D eigenvalue weighted by atomic mass is 10.2. The SMILES string of the molecule is CCC(C)NCc1nc(CCCOC)no1. The Hall–Kier alpha value is -0.940. The van der Waals surface area contributed by atoms with E-state index in [0.29, 0.717) is 18.5 Å². The summed E-state index contributed by atoms with van der Waals surface area (Å²) in [4.78, 5) is 4.29. The number of nitrogens with one attached hydrogen (secondary N) is 1. The number of hydrogen-bond donors (Lipinski definition) is 1. The van der Waals surface area contributed by atoms with E-state index in [0.717, 1.165) is 31.7 Å². The molecule has 0 fully saturated rings. The van der Waals surface area contributed by atoms with Crippen LogP contribution in [0.25, 0.3) is 0 Å². The van der Waals surface area contributed by atoms with Gasteiger partial charge >= 0.3 is 0 Å². The minimum Gasteiger partial charge on any atom is -0.385 e. The number of hydrogen-bond acceptors (Lipinski definition) is 5. The quantitative estimate of drug-likeness (QED) is 0.682. The molecule has 0 aliphatic rings. The van der Waals surface area contributed by atoms with Crippen molar-refractivity contribution in [3.63, 3.8) is 0 Å². The Balaban J connectivity index is 2.28. The highest BCUT2D eigenvalue weighted by atomic mass is 16.5. The molecule has 1 atom stereocenters. The molecule has 1 N–H and O–H groups in total. The van der Waals surface area contributed by atoms with Crippen LogP contribution in [-0.4, -0.2) is 29.9 Å². The van der Waals surface area contributed by atoms with E-state index < -0.39 is 0 Å². The Labute approximate surface area is 96.6 Å². The molecule has 0 saturated carbocycles. The molecular weight excluding hydrogens is 206 g/mol. The first-order chi connectivity index (χ1) is 7.76. The normalized spacial score (nSPS) is 12.9. The van der Waals surface area contributed by atoms with Crippen LogP contribution in [0.3, 0.4) is 0 Å². The molecule has 5 heteroatoms. The van der Waals surface area contributed by atoms with Crippen molar-refractivity contribution in [1.82, 2.24) is 15.5 Å². The van der Waals surface area contributed by atoms with Gasteiger partial charge in [0.2, 0.25) is 5.89 Å². The Morgan fingerprint density at radius 2 is 2.31 bits per heavy atom. The maximum atomic E-state index is 5.13. The van der Waals surface area contributed by atoms with Gasteiger partial charge in [0.25, 0.3) is 0 Å². The fourth-order valence-electron chi connectivity index (χ4n) is 1.24. The summed E-state index contributed by atoms with van der Waals surface area (Å²) in [5.41, 5.74) is 0. The summed E-state index contributed by atoms with van der Waals surface area (Å²) in [7, 11) is 1.69. The molecule has 92 valence electrons. The lowest BCUT2D eigenvalue weighted by Crippen LogP contribution is -2.24. The number of ether oxygens (including phenoxy) is 1. The van der Waals surface area contributed by atoms with Crippen molar-refractivity contribution in [2.75, 3.05) is 13.7 Å². The second kappa shape index (κ2) is 7.35. The van der Waals surface area contributed by atoms with E-state index in [-0.39, 0.29) is 0 Å². The zero-order valence-electron chi connectivity index (χ0n) is 10.3. The van der Waals surface area contributed by atoms with Gasteiger partial charge in [-0.05, 0) is 19.8 Å². The standard InChI is InChI=1S/C11H21N3O2/c1-4-9(2)12-8-11-13-10(14-16-11)6-5-7-15-3/h9,12H,4-8H2,1-3H3. The minimum absolute atomic E-state index is 0.476. The van der Waals surface area contributed by atoms with Crippen LogP contribution in [0.4, 0.5) is 0 Å². The molecule has 0 saturated heterocycles. The summed E-state index contributed by atoms with van der Waals surface area (Å²) >= 11 is 0. The van der Waals surface area contributed by atoms with Crippen molar-refractivity contribution in [1.29, 1.82) is 0 Å². The number of nitrogens with zero attached hydrogens (tertiary/aromatic N) is 2. The fraction of sp³-hybridized carbons (Fsp3) is 0.818. The van der Waals surface area contributed by atoms with Crippen LogP contribution in [0.5, 0.6) is 0 Å². The molecule has 1 unspecified atom stereocenters. The summed E-state index contributed by atoms with van der Waals surface area (Å²) in [6.45, 7) is 5.65. The lowest BCUT2D eigenvalue weighted by Gasteiger charge is -2.07. The smallest absolute Gasteiger partial charge is 0.240 e. The van der Waals surface area contributed by atoms with Gasteiger partial charge in [0.1, 0.15) is 0 Å². The maximum absolute atomic E-state index is 5.13. The van der Waals surface area contributed by atoms with Crippen LogP contribution in [0.2, 0.25) is 0 Å². The highest BCUT2D eigenvalue weighted by Gasteiger charge is 2.06. The molecule has 1 aromatic rings. The van der Waals surface area contributed by atoms with Gasteiger partial charge in [-0.3, -0.25) is 0 Å². The van der Waals surface area contributed by atoms with Gasteiger partial charge in [0, 0.05) is 26.2 Å². The van der Waals surface area contributed by atoms with Crippen LogP contribution in [-0.2, 0) is 17.7 Å². The van der Waals surface area contributed by atoms with Crippen molar-refractivity contribution in [3.05, 3.63) is 11.7 Å². The second-order valence-electron chi connectivity index (χ2n) is 3.89. The predicted molar refractivity (Wildman–Crippen MR) is 61.1 cm³/mol. The third-order valence-electron chi connectivity index (χ3n) is 2.47. The Morgan fingerprint density at radius 1 is 1.50 bits per heavy atom. The van der Waals surface area contributed by atoms with Crippen LogP contribution in [0.1, 0.15) is 38.4 Å². The topological polar surface area (TPSA) is 60.2 Å². The second-order valence-corrected chi connectivity index (χ2v) is 3.89. The zero-order chi connectivity index (χ0) is 11.8. The Morgan fingerprint density at radius 3 is 3.00 bits per heavy atom. The van der Waals surface area contributed by atoms with Gasteiger partial charge in [0.05, 0.1) is 6.54 Å². The summed E-state index contributed by atoms with van der Waals surface area (Å²) < 4.78 is 10.1. The molecule has 0 aliphatic carbocycles. The van der Waals surface area contributed by atoms with Gasteiger partial charge in [-0.1, -0.05) is 12.1 Å². The Bertz CT molecular complexity index is 289. The lowest BCUT2D eigenvalue weighted by molar-refractivity contribution is 0.194. The largest absolute Gasteiger partial charge is 0.385 e. The van der Waals surface area contributed by atoms with Crippen LogP contribution < -0.4 is 5.32 Å². The van der Waals surface area contributed by atoms with Crippen molar-refractivity contribution in [2.24, 2.45) is 0 Å². The van der Waals surface area contributed by atoms with E-state index in [1.54, 1.807) is 7.11 Å². The molecule has 0 bridgehead atoms. The summed E-state index contributed by atoms with van der Waals surface area (Å²) in [6, 6.07) is 0.476. The van der Waals surface area contributed by atoms with E-state index in [1.165, 1.54) is 0 Å². The first-order valence-corrected chi connectivity index (χ1v) is 5.80. The first-order valence-electron chi connectivity index (χ1n) is 5.80. The Kier molecular flexibility index (Phi) is 6.03. The number of methoxy groups -OCH3 is 1. The van der Waals surface area contributed by atoms with E-state index in [1.807, 2.05) is 0 Å². The minimum atomic E-state index is 0.476. The van der Waals surface area contributed by atoms with Crippen molar-refractivity contribution in [2.45, 2.75) is 45.7 Å². The fourth-order valence-corrected chi connectivity index (χ4v) is 1.24. The molecule has 1 aromatic heterocycles. The molecule has 1 heterocycles. The van der Waals surface area contributed by atoms with Crippen molar-refractivity contribution >= 4 is 0 Å². The van der Waals surface area contributed by atoms with Gasteiger partial charge in [-0.2, -0.15) is 4.98 Å². The van der Waals surface area contributed by atoms with E-state index in [9.17, 15) is 0 Å². The van der Waals surface area contributed by atoms with Gasteiger partial charge in [-0.25, -0.2) is 0 Å². The zero-order valence-corrected chi connectivity index (χ0v) is 10.3. The van der Waals surface area contributed by atoms with Crippen LogP contribution in [0, 0.1) is 0 Å². The van der Waals surface area contributed by atoms with Gasteiger partial charge in [0.15, 0.2) is 5.82 Å². The summed E-state index contributed by atoms with van der Waals surface area (Å²) in [5.74, 6) is 1.42. The van der Waals surface area contributed by atoms with E-state index in [4.69, 9.17) is 9.26 Å². The molecule has 0 aromatic carbocycles. The molecule has 0 spiro atoms. The monoisotopic (exact) mass is 227 g/mol. The number of rotatable bonds is 8. The average molecular weight is 227 g/mol. The van der Waals surface area contributed by atoms with Gasteiger partial charge in [-0.15, -0.1) is 0 Å². The maximum Gasteiger partial charge on any atom is 0.240 e. The number of aryl methyl sites for hydroxylation is 1. The average Bonchev–Trinajstić information content (AvgIpc) is 2.74. The summed E-state index contributed by atoms with van der Waals surface area (Å²) in [5, 5.41) is 7.22. The molecule has 5 nitrogen and oxygen atoms in total. The molecular formula is C11H21N3O2. The third kappa shape index (κ3) is 4.72. The molecule has 0 amide bonds. The van der Waals surface area contributed by atoms with Crippen LogP contribution >= 0.6 is 0 Å². The van der Waals surface area contributed by atoms with Crippen LogP contribution in [0.15, 0.2) is 4.52 Å². The van der Waals surface area contributed by atoms with Crippen molar-refractivity contribution in [3.8, 4) is 0 Å². The summed E-state index contributed by atoms with van der Waals surface area (Å²) in [6.07, 6.45) is 2.82. The highest BCUT2D eigenvalue weighted by molar-refractivity contribution is 4.86. The van der Waals surface area contributed by atoms with E-state index >= 15 is 0 Å². The predicted octanol–water partition coefficient (Wildman–Crippen LogP) is 1.54. The molecule has 0 radical (unpaired) electrons. The first kappa shape index (κ1) is 13.1. The number of aromatic nitrogens is 2. The highest BCUT2D eigenvalue weighted by Crippen LogP contribution is 2.01. The molecule has 16 heavy (non-hydrogen) atoms. The van der Waals surface area contributed by atoms with Gasteiger partial charge < -0.3 is 14.6 Å².